The first-order chi connectivity index (χ1) is 11.1. The van der Waals surface area contributed by atoms with Crippen LogP contribution >= 0.6 is 12.2 Å². The zero-order chi connectivity index (χ0) is 16.0. The lowest BCUT2D eigenvalue weighted by Crippen LogP contribution is -2.61. The molecule has 1 unspecified atom stereocenters. The number of hydrogen-bond donors (Lipinski definition) is 1. The molecule has 5 rings (SSSR count). The van der Waals surface area contributed by atoms with Crippen molar-refractivity contribution in [3.05, 3.63) is 35.9 Å². The van der Waals surface area contributed by atoms with Crippen molar-refractivity contribution in [3.8, 4) is 0 Å². The topological polar surface area (TPSA) is 15.3 Å². The Kier molecular flexibility index (Phi) is 3.87. The molecule has 0 spiro atoms. The highest BCUT2D eigenvalue weighted by molar-refractivity contribution is 7.80. The molecule has 0 radical (unpaired) electrons. The Morgan fingerprint density at radius 1 is 1.09 bits per heavy atom. The summed E-state index contributed by atoms with van der Waals surface area (Å²) in [6.07, 6.45) is 8.51. The Labute approximate surface area is 145 Å². The van der Waals surface area contributed by atoms with Gasteiger partial charge in [-0.1, -0.05) is 30.3 Å². The van der Waals surface area contributed by atoms with Gasteiger partial charge in [0.2, 0.25) is 0 Å². The van der Waals surface area contributed by atoms with Crippen LogP contribution in [0.1, 0.15) is 57.1 Å². The van der Waals surface area contributed by atoms with Gasteiger partial charge in [-0.15, -0.1) is 0 Å². The van der Waals surface area contributed by atoms with E-state index < -0.39 is 0 Å². The van der Waals surface area contributed by atoms with E-state index in [1.165, 1.54) is 44.1 Å². The lowest BCUT2D eigenvalue weighted by Gasteiger charge is -2.60. The molecule has 4 aliphatic rings. The average molecular weight is 329 g/mol. The smallest absolute Gasteiger partial charge is 0.169 e. The molecule has 4 saturated carbocycles. The Bertz CT molecular complexity index is 547. The van der Waals surface area contributed by atoms with Crippen LogP contribution in [-0.2, 0) is 0 Å². The zero-order valence-electron chi connectivity index (χ0n) is 14.3. The summed E-state index contributed by atoms with van der Waals surface area (Å²) in [5.74, 6) is 2.87. The fourth-order valence-corrected chi connectivity index (χ4v) is 6.17. The lowest BCUT2D eigenvalue weighted by atomic mass is 9.52. The quantitative estimate of drug-likeness (QED) is 0.821. The van der Waals surface area contributed by atoms with Gasteiger partial charge in [0, 0.05) is 12.6 Å². The van der Waals surface area contributed by atoms with Gasteiger partial charge in [-0.3, -0.25) is 0 Å². The van der Waals surface area contributed by atoms with Gasteiger partial charge in [-0.05, 0) is 81.0 Å². The van der Waals surface area contributed by atoms with Crippen LogP contribution in [0.25, 0.3) is 0 Å². The average Bonchev–Trinajstić information content (AvgIpc) is 2.53. The minimum Gasteiger partial charge on any atom is -0.356 e. The Balaban J connectivity index is 1.46. The number of nitrogens with one attached hydrogen (secondary N) is 1. The molecule has 1 atom stereocenters. The molecule has 1 aromatic carbocycles. The first-order valence-electron chi connectivity index (χ1n) is 9.15. The van der Waals surface area contributed by atoms with Crippen molar-refractivity contribution in [2.45, 2.75) is 57.0 Å². The second-order valence-electron chi connectivity index (χ2n) is 8.28. The molecule has 23 heavy (non-hydrogen) atoms. The SMILES string of the molecule is CC(NC(=S)N(C)C12CC3CC(CC(C3)C1)C2)c1ccccc1. The van der Waals surface area contributed by atoms with Crippen molar-refractivity contribution < 1.29 is 0 Å². The molecule has 2 nitrogen and oxygen atoms in total. The minimum absolute atomic E-state index is 0.264. The molecule has 0 heterocycles. The molecule has 1 aromatic rings. The molecular formula is C20H28N2S. The highest BCUT2D eigenvalue weighted by Gasteiger charge is 2.53. The fraction of sp³-hybridized carbons (Fsp3) is 0.650. The monoisotopic (exact) mass is 328 g/mol. The third-order valence-corrected chi connectivity index (χ3v) is 7.05. The van der Waals surface area contributed by atoms with Crippen molar-refractivity contribution in [2.75, 3.05) is 7.05 Å². The van der Waals surface area contributed by atoms with E-state index in [0.717, 1.165) is 22.9 Å². The largest absolute Gasteiger partial charge is 0.356 e. The van der Waals surface area contributed by atoms with Crippen LogP contribution in [0.5, 0.6) is 0 Å². The molecule has 0 amide bonds. The van der Waals surface area contributed by atoms with E-state index in [-0.39, 0.29) is 6.04 Å². The van der Waals surface area contributed by atoms with Gasteiger partial charge in [0.15, 0.2) is 5.11 Å². The summed E-state index contributed by atoms with van der Waals surface area (Å²) in [5.41, 5.74) is 1.64. The Hall–Kier alpha value is -1.09. The molecule has 0 saturated heterocycles. The summed E-state index contributed by atoms with van der Waals surface area (Å²) in [5, 5.41) is 4.51. The first kappa shape index (κ1) is 15.4. The first-order valence-corrected chi connectivity index (χ1v) is 9.56. The number of thiocarbonyl (C=S) groups is 1. The summed E-state index contributed by atoms with van der Waals surface area (Å²) < 4.78 is 0. The van der Waals surface area contributed by atoms with Gasteiger partial charge in [-0.25, -0.2) is 0 Å². The second kappa shape index (κ2) is 5.77. The maximum Gasteiger partial charge on any atom is 0.169 e. The maximum atomic E-state index is 5.80. The summed E-state index contributed by atoms with van der Waals surface area (Å²) in [4.78, 5) is 2.44. The summed E-state index contributed by atoms with van der Waals surface area (Å²) in [6, 6.07) is 10.9. The van der Waals surface area contributed by atoms with Crippen molar-refractivity contribution in [2.24, 2.45) is 17.8 Å². The molecule has 3 heteroatoms. The van der Waals surface area contributed by atoms with Crippen molar-refractivity contribution in [1.29, 1.82) is 0 Å². The summed E-state index contributed by atoms with van der Waals surface area (Å²) in [6.45, 7) is 2.20. The lowest BCUT2D eigenvalue weighted by molar-refractivity contribution is -0.0549. The van der Waals surface area contributed by atoms with E-state index in [0.29, 0.717) is 5.54 Å². The van der Waals surface area contributed by atoms with Gasteiger partial charge in [0.1, 0.15) is 0 Å². The van der Waals surface area contributed by atoms with Gasteiger partial charge in [-0.2, -0.15) is 0 Å². The summed E-state index contributed by atoms with van der Waals surface area (Å²) >= 11 is 5.80. The number of benzene rings is 1. The highest BCUT2D eigenvalue weighted by Crippen LogP contribution is 2.57. The van der Waals surface area contributed by atoms with Gasteiger partial charge < -0.3 is 10.2 Å². The second-order valence-corrected chi connectivity index (χ2v) is 8.67. The van der Waals surface area contributed by atoms with Crippen LogP contribution in [-0.4, -0.2) is 22.6 Å². The molecule has 4 fully saturated rings. The van der Waals surface area contributed by atoms with Gasteiger partial charge >= 0.3 is 0 Å². The normalized spacial score (nSPS) is 35.8. The molecule has 0 aliphatic heterocycles. The molecule has 124 valence electrons. The van der Waals surface area contributed by atoms with Crippen molar-refractivity contribution in [1.82, 2.24) is 10.2 Å². The van der Waals surface area contributed by atoms with Crippen molar-refractivity contribution in [3.63, 3.8) is 0 Å². The van der Waals surface area contributed by atoms with E-state index in [1.54, 1.807) is 0 Å². The summed E-state index contributed by atoms with van der Waals surface area (Å²) in [7, 11) is 2.24. The van der Waals surface area contributed by atoms with Crippen molar-refractivity contribution >= 4 is 17.3 Å². The van der Waals surface area contributed by atoms with E-state index in [2.05, 4.69) is 54.5 Å². The molecule has 0 aromatic heterocycles. The van der Waals surface area contributed by atoms with E-state index in [1.807, 2.05) is 0 Å². The molecular weight excluding hydrogens is 300 g/mol. The van der Waals surface area contributed by atoms with E-state index in [4.69, 9.17) is 12.2 Å². The van der Waals surface area contributed by atoms with Crippen LogP contribution in [0.4, 0.5) is 0 Å². The number of nitrogens with zero attached hydrogens (tertiary/aromatic N) is 1. The van der Waals surface area contributed by atoms with E-state index in [9.17, 15) is 0 Å². The van der Waals surface area contributed by atoms with Crippen LogP contribution in [0.2, 0.25) is 0 Å². The van der Waals surface area contributed by atoms with Crippen LogP contribution in [0.15, 0.2) is 30.3 Å². The minimum atomic E-state index is 0.264. The molecule has 4 aliphatic carbocycles. The van der Waals surface area contributed by atoms with Crippen LogP contribution in [0, 0.1) is 17.8 Å². The Morgan fingerprint density at radius 3 is 2.13 bits per heavy atom. The predicted octanol–water partition coefficient (Wildman–Crippen LogP) is 4.52. The third-order valence-electron chi connectivity index (χ3n) is 6.66. The predicted molar refractivity (Wildman–Crippen MR) is 99.3 cm³/mol. The van der Waals surface area contributed by atoms with Gasteiger partial charge in [0.05, 0.1) is 6.04 Å². The van der Waals surface area contributed by atoms with Crippen LogP contribution in [0.3, 0.4) is 0 Å². The zero-order valence-corrected chi connectivity index (χ0v) is 15.1. The van der Waals surface area contributed by atoms with Gasteiger partial charge in [0.25, 0.3) is 0 Å². The van der Waals surface area contributed by atoms with Crippen LogP contribution < -0.4 is 5.32 Å². The maximum absolute atomic E-state index is 5.80. The molecule has 4 bridgehead atoms. The number of hydrogen-bond acceptors (Lipinski definition) is 1. The standard InChI is InChI=1S/C20H28N2S/c1-14(18-6-4-3-5-7-18)21-19(23)22(2)20-11-15-8-16(12-20)10-17(9-15)13-20/h3-7,14-17H,8-13H2,1-2H3,(H,21,23). The number of rotatable bonds is 3. The van der Waals surface area contributed by atoms with E-state index >= 15 is 0 Å². The highest BCUT2D eigenvalue weighted by atomic mass is 32.1. The molecule has 1 N–H and O–H groups in total. The fourth-order valence-electron chi connectivity index (χ4n) is 5.80. The Morgan fingerprint density at radius 2 is 1.61 bits per heavy atom. The third kappa shape index (κ3) is 2.77.